The van der Waals surface area contributed by atoms with Gasteiger partial charge in [0.05, 0.1) is 6.67 Å². The average Bonchev–Trinajstić information content (AvgIpc) is 3.24. The van der Waals surface area contributed by atoms with Gasteiger partial charge in [-0.15, -0.1) is 0 Å². The number of anilines is 1. The number of benzene rings is 3. The average molecular weight is 556 g/mol. The van der Waals surface area contributed by atoms with Gasteiger partial charge in [-0.25, -0.2) is 22.0 Å². The Kier molecular flexibility index (Phi) is 6.81. The second kappa shape index (κ2) is 10.2. The number of carbonyl (C=O) groups excluding carboxylic acids is 1. The number of halogens is 5. The van der Waals surface area contributed by atoms with E-state index in [-0.39, 0.29) is 28.9 Å². The minimum absolute atomic E-state index is 0.0299. The van der Waals surface area contributed by atoms with E-state index in [2.05, 4.69) is 10.2 Å². The van der Waals surface area contributed by atoms with Crippen molar-refractivity contribution in [2.45, 2.75) is 55.5 Å². The molecule has 0 radical (unpaired) electrons. The Labute approximate surface area is 229 Å². The van der Waals surface area contributed by atoms with Gasteiger partial charge in [0, 0.05) is 42.4 Å². The van der Waals surface area contributed by atoms with Crippen molar-refractivity contribution in [3.63, 3.8) is 0 Å². The van der Waals surface area contributed by atoms with E-state index in [4.69, 9.17) is 0 Å². The van der Waals surface area contributed by atoms with Crippen LogP contribution in [-0.4, -0.2) is 42.1 Å². The molecule has 2 heterocycles. The zero-order chi connectivity index (χ0) is 28.1. The van der Waals surface area contributed by atoms with Crippen molar-refractivity contribution in [3.8, 4) is 0 Å². The molecule has 210 valence electrons. The van der Waals surface area contributed by atoms with Crippen molar-refractivity contribution in [2.75, 3.05) is 24.7 Å². The van der Waals surface area contributed by atoms with E-state index in [1.807, 2.05) is 4.90 Å². The molecule has 1 amide bonds. The first-order chi connectivity index (χ1) is 19.2. The van der Waals surface area contributed by atoms with Gasteiger partial charge in [0.25, 0.3) is 0 Å². The van der Waals surface area contributed by atoms with Crippen molar-refractivity contribution in [1.29, 1.82) is 0 Å². The maximum Gasteiger partial charge on any atom is 0.247 e. The molecule has 1 N–H and O–H groups in total. The van der Waals surface area contributed by atoms with Crippen LogP contribution in [-0.2, 0) is 10.2 Å². The predicted molar refractivity (Wildman–Crippen MR) is 141 cm³/mol. The molecule has 40 heavy (non-hydrogen) atoms. The van der Waals surface area contributed by atoms with E-state index >= 15 is 8.78 Å². The van der Waals surface area contributed by atoms with Gasteiger partial charge < -0.3 is 15.1 Å². The van der Waals surface area contributed by atoms with Crippen molar-refractivity contribution >= 4 is 11.6 Å². The molecule has 1 saturated carbocycles. The fraction of sp³-hybridized carbons (Fsp3) is 0.387. The third-order valence-corrected chi connectivity index (χ3v) is 9.32. The van der Waals surface area contributed by atoms with Crippen LogP contribution in [0.1, 0.15) is 49.7 Å². The molecule has 2 saturated heterocycles. The fourth-order valence-corrected chi connectivity index (χ4v) is 7.20. The van der Waals surface area contributed by atoms with Gasteiger partial charge in [-0.2, -0.15) is 0 Å². The molecule has 1 spiro atoms. The lowest BCUT2D eigenvalue weighted by atomic mass is 9.63. The summed E-state index contributed by atoms with van der Waals surface area (Å²) < 4.78 is 71.3. The van der Waals surface area contributed by atoms with Gasteiger partial charge in [0.15, 0.2) is 0 Å². The number of nitrogens with one attached hydrogen (secondary N) is 1. The molecule has 2 aliphatic heterocycles. The van der Waals surface area contributed by atoms with Crippen LogP contribution in [0, 0.1) is 29.1 Å². The van der Waals surface area contributed by atoms with Crippen molar-refractivity contribution < 1.29 is 26.7 Å². The van der Waals surface area contributed by atoms with E-state index in [1.54, 1.807) is 12.1 Å². The molecule has 0 atom stereocenters. The summed E-state index contributed by atoms with van der Waals surface area (Å²) in [5, 5.41) is 2.95. The molecular formula is C31H30F5N3O. The van der Waals surface area contributed by atoms with Crippen LogP contribution in [0.4, 0.5) is 27.6 Å². The molecule has 3 aliphatic rings. The van der Waals surface area contributed by atoms with Gasteiger partial charge in [0.2, 0.25) is 5.91 Å². The number of hydrogen-bond donors (Lipinski definition) is 1. The largest absolute Gasteiger partial charge is 0.339 e. The van der Waals surface area contributed by atoms with E-state index in [0.29, 0.717) is 58.3 Å². The van der Waals surface area contributed by atoms with Crippen LogP contribution in [0.25, 0.3) is 0 Å². The highest BCUT2D eigenvalue weighted by Crippen LogP contribution is 2.48. The summed E-state index contributed by atoms with van der Waals surface area (Å²) in [6.07, 6.45) is 3.27. The van der Waals surface area contributed by atoms with Crippen LogP contribution < -0.4 is 10.2 Å². The Bertz CT molecular complexity index is 1360. The first-order valence-electron chi connectivity index (χ1n) is 13.7. The molecule has 3 aromatic rings. The summed E-state index contributed by atoms with van der Waals surface area (Å²) in [4.78, 5) is 17.4. The highest BCUT2D eigenvalue weighted by atomic mass is 19.1. The molecule has 4 nitrogen and oxygen atoms in total. The van der Waals surface area contributed by atoms with Gasteiger partial charge >= 0.3 is 0 Å². The summed E-state index contributed by atoms with van der Waals surface area (Å²) in [6, 6.07) is 13.0. The standard InChI is InChI=1S/C31H30F5N3O/c32-20-1-5-24(6-2-20)39-19-37-29(40)31(39)13-15-38(16-14-31)23-9-11-30(12-10-23,25-7-3-21(33)17-27(25)35)26-8-4-22(34)18-28(26)36/h1-8,17-18,23H,9-16,19H2,(H,37,40). The third-order valence-electron chi connectivity index (χ3n) is 9.32. The zero-order valence-electron chi connectivity index (χ0n) is 21.9. The van der Waals surface area contributed by atoms with Crippen LogP contribution in [0.3, 0.4) is 0 Å². The number of likely N-dealkylation sites (tertiary alicyclic amines) is 1. The molecular weight excluding hydrogens is 525 g/mol. The van der Waals surface area contributed by atoms with Crippen molar-refractivity contribution in [1.82, 2.24) is 10.2 Å². The Morgan fingerprint density at radius 2 is 1.23 bits per heavy atom. The monoisotopic (exact) mass is 555 g/mol. The maximum absolute atomic E-state index is 15.1. The molecule has 3 aromatic carbocycles. The van der Waals surface area contributed by atoms with Gasteiger partial charge in [-0.05, 0) is 86.1 Å². The predicted octanol–water partition coefficient (Wildman–Crippen LogP) is 6.04. The summed E-state index contributed by atoms with van der Waals surface area (Å²) >= 11 is 0. The summed E-state index contributed by atoms with van der Waals surface area (Å²) in [6.45, 7) is 1.69. The molecule has 9 heteroatoms. The molecule has 0 bridgehead atoms. The topological polar surface area (TPSA) is 35.6 Å². The molecule has 3 fully saturated rings. The minimum atomic E-state index is -1.05. The number of hydrogen-bond acceptors (Lipinski definition) is 3. The lowest BCUT2D eigenvalue weighted by Gasteiger charge is -2.49. The number of nitrogens with zero attached hydrogens (tertiary/aromatic N) is 2. The Balaban J connectivity index is 1.21. The lowest BCUT2D eigenvalue weighted by Crippen LogP contribution is -2.58. The van der Waals surface area contributed by atoms with Gasteiger partial charge in [-0.1, -0.05) is 12.1 Å². The Morgan fingerprint density at radius 1 is 0.700 bits per heavy atom. The normalized spacial score (nSPS) is 21.1. The van der Waals surface area contributed by atoms with E-state index in [1.165, 1.54) is 36.4 Å². The van der Waals surface area contributed by atoms with Crippen molar-refractivity contribution in [3.05, 3.63) is 101 Å². The smallest absolute Gasteiger partial charge is 0.247 e. The molecule has 0 unspecified atom stereocenters. The van der Waals surface area contributed by atoms with Crippen LogP contribution >= 0.6 is 0 Å². The van der Waals surface area contributed by atoms with Crippen molar-refractivity contribution in [2.24, 2.45) is 0 Å². The quantitative estimate of drug-likeness (QED) is 0.399. The van der Waals surface area contributed by atoms with E-state index in [0.717, 1.165) is 17.8 Å². The van der Waals surface area contributed by atoms with Crippen LogP contribution in [0.15, 0.2) is 60.7 Å². The number of rotatable bonds is 4. The fourth-order valence-electron chi connectivity index (χ4n) is 7.20. The highest BCUT2D eigenvalue weighted by molar-refractivity contribution is 5.93. The molecule has 1 aliphatic carbocycles. The van der Waals surface area contributed by atoms with Gasteiger partial charge in [0.1, 0.15) is 34.6 Å². The Morgan fingerprint density at radius 3 is 1.75 bits per heavy atom. The number of piperidine rings is 1. The lowest BCUT2D eigenvalue weighted by molar-refractivity contribution is -0.125. The first kappa shape index (κ1) is 26.7. The second-order valence-electron chi connectivity index (χ2n) is 11.2. The SMILES string of the molecule is O=C1NCN(c2ccc(F)cc2)C12CCN(C1CCC(c3ccc(F)cc3F)(c3ccc(F)cc3F)CC1)CC2. The number of carbonyl (C=O) groups is 1. The molecule has 0 aromatic heterocycles. The van der Waals surface area contributed by atoms with Gasteiger partial charge in [-0.3, -0.25) is 4.79 Å². The van der Waals surface area contributed by atoms with E-state index < -0.39 is 34.2 Å². The second-order valence-corrected chi connectivity index (χ2v) is 11.2. The summed E-state index contributed by atoms with van der Waals surface area (Å²) in [5.74, 6) is -3.27. The highest BCUT2D eigenvalue weighted by Gasteiger charge is 2.51. The Hall–Kier alpha value is -3.46. The van der Waals surface area contributed by atoms with E-state index in [9.17, 15) is 18.0 Å². The minimum Gasteiger partial charge on any atom is -0.339 e. The zero-order valence-corrected chi connectivity index (χ0v) is 21.9. The molecule has 6 rings (SSSR count). The third kappa shape index (κ3) is 4.44. The number of amides is 1. The van der Waals surface area contributed by atoms with Crippen LogP contribution in [0.5, 0.6) is 0 Å². The summed E-state index contributed by atoms with van der Waals surface area (Å²) in [7, 11) is 0. The summed E-state index contributed by atoms with van der Waals surface area (Å²) in [5.41, 5.74) is -0.533. The van der Waals surface area contributed by atoms with Crippen LogP contribution in [0.2, 0.25) is 0 Å². The first-order valence-corrected chi connectivity index (χ1v) is 13.7. The maximum atomic E-state index is 15.1.